The van der Waals surface area contributed by atoms with Crippen LogP contribution in [0.2, 0.25) is 0 Å². The van der Waals surface area contributed by atoms with Crippen molar-refractivity contribution in [1.82, 2.24) is 25.1 Å². The molecule has 2 unspecified atom stereocenters. The number of nitrogens with zero attached hydrogens (tertiary/aromatic N) is 5. The van der Waals surface area contributed by atoms with E-state index in [4.69, 9.17) is 4.74 Å². The monoisotopic (exact) mass is 339 g/mol. The molecule has 10 heteroatoms. The van der Waals surface area contributed by atoms with Gasteiger partial charge < -0.3 is 14.7 Å². The lowest BCUT2D eigenvalue weighted by molar-refractivity contribution is -0.154. The van der Waals surface area contributed by atoms with Crippen molar-refractivity contribution in [3.8, 4) is 0 Å². The molecule has 0 saturated carbocycles. The molecule has 2 aliphatic heterocycles. The molecule has 3 heterocycles. The second-order valence-electron chi connectivity index (χ2n) is 5.51. The van der Waals surface area contributed by atoms with Crippen LogP contribution in [0.3, 0.4) is 0 Å². The quantitative estimate of drug-likeness (QED) is 0.408. The molecule has 0 aliphatic carbocycles. The second-order valence-corrected chi connectivity index (χ2v) is 6.95. The summed E-state index contributed by atoms with van der Waals surface area (Å²) in [5.74, 6) is -1.06. The number of tetrazole rings is 1. The predicted octanol–water partition coefficient (Wildman–Crippen LogP) is -0.774. The zero-order valence-electron chi connectivity index (χ0n) is 12.5. The predicted molar refractivity (Wildman–Crippen MR) is 80.1 cm³/mol. The Kier molecular flexibility index (Phi) is 4.11. The summed E-state index contributed by atoms with van der Waals surface area (Å²) in [5, 5.41) is 20.2. The van der Waals surface area contributed by atoms with Crippen molar-refractivity contribution in [1.29, 1.82) is 0 Å². The van der Waals surface area contributed by atoms with Crippen LogP contribution < -0.4 is 0 Å². The molecule has 1 aromatic heterocycles. The van der Waals surface area contributed by atoms with E-state index in [9.17, 15) is 14.7 Å². The lowest BCUT2D eigenvalue weighted by atomic mass is 9.94. The molecule has 9 nitrogen and oxygen atoms in total. The number of ether oxygens (including phenoxy) is 1. The second kappa shape index (κ2) is 5.93. The Morgan fingerprint density at radius 2 is 2.52 bits per heavy atom. The fourth-order valence-electron chi connectivity index (χ4n) is 2.91. The lowest BCUT2D eigenvalue weighted by Crippen LogP contribution is -2.58. The summed E-state index contributed by atoms with van der Waals surface area (Å²) in [5.41, 5.74) is 0. The smallest absolute Gasteiger partial charge is 0.326 e. The highest BCUT2D eigenvalue weighted by molar-refractivity contribution is 8.02. The van der Waals surface area contributed by atoms with E-state index in [0.29, 0.717) is 0 Å². The first-order valence-electron chi connectivity index (χ1n) is 7.15. The Bertz CT molecular complexity index is 624. The van der Waals surface area contributed by atoms with E-state index in [1.807, 2.05) is 6.92 Å². The van der Waals surface area contributed by atoms with Crippen molar-refractivity contribution in [3.05, 3.63) is 19.0 Å². The van der Waals surface area contributed by atoms with Gasteiger partial charge in [0.1, 0.15) is 12.9 Å². The minimum Gasteiger partial charge on any atom is -0.460 e. The maximum absolute atomic E-state index is 12.7. The summed E-state index contributed by atoms with van der Waals surface area (Å²) >= 11 is 1.33. The van der Waals surface area contributed by atoms with Gasteiger partial charge in [-0.15, -0.1) is 16.9 Å². The number of amides is 1. The van der Waals surface area contributed by atoms with Gasteiger partial charge in [0.25, 0.3) is 0 Å². The van der Waals surface area contributed by atoms with E-state index in [0.717, 1.165) is 0 Å². The van der Waals surface area contributed by atoms with Crippen LogP contribution in [-0.4, -0.2) is 72.0 Å². The zero-order chi connectivity index (χ0) is 16.6. The van der Waals surface area contributed by atoms with E-state index in [-0.39, 0.29) is 31.0 Å². The lowest BCUT2D eigenvalue weighted by Gasteiger charge is -2.40. The Morgan fingerprint density at radius 3 is 3.13 bits per heavy atom. The minimum absolute atomic E-state index is 0.0888. The number of esters is 1. The summed E-state index contributed by atoms with van der Waals surface area (Å²) in [7, 11) is 0. The third kappa shape index (κ3) is 2.32. The van der Waals surface area contributed by atoms with Crippen molar-refractivity contribution < 1.29 is 19.4 Å². The number of carbonyl (C=O) groups excluding carboxylic acids is 2. The van der Waals surface area contributed by atoms with E-state index in [1.165, 1.54) is 28.8 Å². The molecule has 2 saturated heterocycles. The number of rotatable bonds is 6. The standard InChI is InChI=1S/C13H17N5O4S/c1-3-4-22-12(21)13(8(2)18-7-14-15-16-18)6-17-10(20)9(5-19)11(17)23-13/h3,7-9,11,19H,1,4-6H2,2H3/t8?,9-,11+,13?/m0/s1. The average molecular weight is 339 g/mol. The normalized spacial score (nSPS) is 30.5. The summed E-state index contributed by atoms with van der Waals surface area (Å²) < 4.78 is 5.72. The molecular formula is C13H17N5O4S. The average Bonchev–Trinajstić information content (AvgIpc) is 3.19. The third-order valence-corrected chi connectivity index (χ3v) is 6.18. The number of aliphatic hydroxyl groups excluding tert-OH is 1. The SMILES string of the molecule is C=CCOC(=O)C1(C(C)n2cnnn2)CN2C(=O)[C@H](CO)[C@H]2S1. The summed E-state index contributed by atoms with van der Waals surface area (Å²) in [6.07, 6.45) is 2.91. The first-order valence-corrected chi connectivity index (χ1v) is 8.03. The van der Waals surface area contributed by atoms with Gasteiger partial charge in [-0.3, -0.25) is 9.59 Å². The molecule has 2 aliphatic rings. The van der Waals surface area contributed by atoms with Crippen LogP contribution >= 0.6 is 11.8 Å². The van der Waals surface area contributed by atoms with Crippen LogP contribution in [0.25, 0.3) is 0 Å². The highest BCUT2D eigenvalue weighted by atomic mass is 32.2. The number of aliphatic hydroxyl groups is 1. The number of hydrogen-bond donors (Lipinski definition) is 1. The van der Waals surface area contributed by atoms with Crippen LogP contribution in [0.1, 0.15) is 13.0 Å². The Hall–Kier alpha value is -1.94. The van der Waals surface area contributed by atoms with Gasteiger partial charge in [-0.2, -0.15) is 0 Å². The van der Waals surface area contributed by atoms with E-state index in [2.05, 4.69) is 22.1 Å². The fourth-order valence-corrected chi connectivity index (χ4v) is 4.69. The third-order valence-electron chi connectivity index (χ3n) is 4.30. The molecule has 2 fully saturated rings. The first-order chi connectivity index (χ1) is 11.0. The van der Waals surface area contributed by atoms with Gasteiger partial charge in [-0.1, -0.05) is 12.7 Å². The number of aromatic nitrogens is 4. The van der Waals surface area contributed by atoms with Gasteiger partial charge in [0.05, 0.1) is 23.9 Å². The Balaban J connectivity index is 1.91. The number of fused-ring (bicyclic) bond motifs is 1. The maximum Gasteiger partial charge on any atom is 0.326 e. The first kappa shape index (κ1) is 15.9. The van der Waals surface area contributed by atoms with Crippen LogP contribution in [0.5, 0.6) is 0 Å². The van der Waals surface area contributed by atoms with Gasteiger partial charge in [0.15, 0.2) is 4.75 Å². The molecule has 1 amide bonds. The van der Waals surface area contributed by atoms with Gasteiger partial charge in [-0.05, 0) is 17.4 Å². The zero-order valence-corrected chi connectivity index (χ0v) is 13.3. The van der Waals surface area contributed by atoms with E-state index >= 15 is 0 Å². The number of β-lactam (4-membered cyclic amide) rings is 1. The van der Waals surface area contributed by atoms with Crippen molar-refractivity contribution in [2.45, 2.75) is 23.1 Å². The molecule has 0 spiro atoms. The highest BCUT2D eigenvalue weighted by Crippen LogP contribution is 2.54. The Morgan fingerprint density at radius 1 is 1.74 bits per heavy atom. The van der Waals surface area contributed by atoms with Crippen LogP contribution in [0, 0.1) is 5.92 Å². The van der Waals surface area contributed by atoms with Crippen LogP contribution in [-0.2, 0) is 14.3 Å². The van der Waals surface area contributed by atoms with Crippen LogP contribution in [0.4, 0.5) is 0 Å². The van der Waals surface area contributed by atoms with E-state index in [1.54, 1.807) is 4.90 Å². The van der Waals surface area contributed by atoms with Crippen molar-refractivity contribution in [3.63, 3.8) is 0 Å². The topological polar surface area (TPSA) is 110 Å². The molecule has 0 bridgehead atoms. The Labute approximate surface area is 136 Å². The van der Waals surface area contributed by atoms with Crippen molar-refractivity contribution >= 4 is 23.6 Å². The van der Waals surface area contributed by atoms with Gasteiger partial charge in [-0.25, -0.2) is 4.68 Å². The number of thioether (sulfide) groups is 1. The molecule has 3 rings (SSSR count). The molecule has 4 atom stereocenters. The molecule has 0 aromatic carbocycles. The number of hydrogen-bond acceptors (Lipinski definition) is 8. The summed E-state index contributed by atoms with van der Waals surface area (Å²) in [4.78, 5) is 26.4. The van der Waals surface area contributed by atoms with Gasteiger partial charge in [0.2, 0.25) is 5.91 Å². The summed E-state index contributed by atoms with van der Waals surface area (Å²) in [6.45, 7) is 5.41. The fraction of sp³-hybridized carbons (Fsp3) is 0.615. The minimum atomic E-state index is -1.03. The molecule has 0 radical (unpaired) electrons. The van der Waals surface area contributed by atoms with Crippen LogP contribution in [0.15, 0.2) is 19.0 Å². The molecule has 1 aromatic rings. The number of carbonyl (C=O) groups is 2. The molecule has 23 heavy (non-hydrogen) atoms. The van der Waals surface area contributed by atoms with Gasteiger partial charge >= 0.3 is 5.97 Å². The largest absolute Gasteiger partial charge is 0.460 e. The van der Waals surface area contributed by atoms with Crippen molar-refractivity contribution in [2.24, 2.45) is 5.92 Å². The maximum atomic E-state index is 12.7. The highest BCUT2D eigenvalue weighted by Gasteiger charge is 2.64. The molecule has 1 N–H and O–H groups in total. The van der Waals surface area contributed by atoms with Gasteiger partial charge in [0, 0.05) is 6.54 Å². The van der Waals surface area contributed by atoms with E-state index < -0.39 is 22.7 Å². The molecule has 124 valence electrons. The van der Waals surface area contributed by atoms with Crippen molar-refractivity contribution in [2.75, 3.05) is 19.8 Å². The molecular weight excluding hydrogens is 322 g/mol. The summed E-state index contributed by atoms with van der Waals surface area (Å²) in [6, 6.07) is -0.419.